The van der Waals surface area contributed by atoms with E-state index >= 15 is 0 Å². The topological polar surface area (TPSA) is 72.2 Å². The Bertz CT molecular complexity index is 712. The number of nitro groups is 1. The summed E-state index contributed by atoms with van der Waals surface area (Å²) in [7, 11) is 0. The van der Waals surface area contributed by atoms with Crippen molar-refractivity contribution in [2.24, 2.45) is 0 Å². The van der Waals surface area contributed by atoms with Crippen molar-refractivity contribution in [1.29, 1.82) is 0 Å². The maximum Gasteiger partial charge on any atom is 0.270 e. The number of carbonyl (C=O) groups excluding carboxylic acids is 1. The van der Waals surface area contributed by atoms with E-state index in [-0.39, 0.29) is 24.0 Å². The van der Waals surface area contributed by atoms with Gasteiger partial charge >= 0.3 is 0 Å². The van der Waals surface area contributed by atoms with E-state index in [1.54, 1.807) is 24.3 Å². The Morgan fingerprint density at radius 2 is 1.95 bits per heavy atom. The number of halogens is 1. The van der Waals surface area contributed by atoms with Crippen molar-refractivity contribution in [2.75, 3.05) is 0 Å². The highest BCUT2D eigenvalue weighted by atomic mass is 19.1. The second kappa shape index (κ2) is 7.12. The lowest BCUT2D eigenvalue weighted by Gasteiger charge is -2.02. The minimum atomic E-state index is -0.494. The minimum Gasteiger partial charge on any atom is -0.348 e. The van der Waals surface area contributed by atoms with Crippen molar-refractivity contribution in [1.82, 2.24) is 5.32 Å². The number of non-ortho nitro benzene ring substituents is 1. The third-order valence-electron chi connectivity index (χ3n) is 2.89. The van der Waals surface area contributed by atoms with Crippen LogP contribution in [0.4, 0.5) is 10.1 Å². The molecular weight excluding hydrogens is 287 g/mol. The molecule has 112 valence electrons. The smallest absolute Gasteiger partial charge is 0.270 e. The number of nitro benzene ring substituents is 1. The standard InChI is InChI=1S/C16H13FN2O3/c17-14-7-4-13(5-8-14)11-18-16(20)9-6-12-2-1-3-15(10-12)19(21)22/h1-10H,11H2,(H,18,20)/b9-6+. The number of hydrogen-bond donors (Lipinski definition) is 1. The second-order valence-corrected chi connectivity index (χ2v) is 4.53. The predicted octanol–water partition coefficient (Wildman–Crippen LogP) is 3.06. The summed E-state index contributed by atoms with van der Waals surface area (Å²) in [5.74, 6) is -0.670. The fourth-order valence-corrected chi connectivity index (χ4v) is 1.76. The molecule has 0 unspecified atom stereocenters. The van der Waals surface area contributed by atoms with E-state index in [9.17, 15) is 19.3 Å². The molecule has 6 heteroatoms. The first-order valence-electron chi connectivity index (χ1n) is 6.49. The summed E-state index contributed by atoms with van der Waals surface area (Å²) in [6, 6.07) is 11.8. The maximum atomic E-state index is 12.7. The molecule has 0 saturated carbocycles. The number of nitrogens with zero attached hydrogens (tertiary/aromatic N) is 1. The quantitative estimate of drug-likeness (QED) is 0.524. The molecule has 2 aromatic rings. The molecule has 0 aromatic heterocycles. The lowest BCUT2D eigenvalue weighted by Crippen LogP contribution is -2.20. The third-order valence-corrected chi connectivity index (χ3v) is 2.89. The molecule has 1 amide bonds. The number of hydrogen-bond acceptors (Lipinski definition) is 3. The van der Waals surface area contributed by atoms with E-state index in [1.165, 1.54) is 36.4 Å². The van der Waals surface area contributed by atoms with Crippen LogP contribution in [0.5, 0.6) is 0 Å². The molecule has 2 aromatic carbocycles. The number of amides is 1. The summed E-state index contributed by atoms with van der Waals surface area (Å²) in [4.78, 5) is 21.8. The second-order valence-electron chi connectivity index (χ2n) is 4.53. The first kappa shape index (κ1) is 15.4. The monoisotopic (exact) mass is 300 g/mol. The first-order valence-corrected chi connectivity index (χ1v) is 6.49. The van der Waals surface area contributed by atoms with Crippen LogP contribution in [0.1, 0.15) is 11.1 Å². The maximum absolute atomic E-state index is 12.7. The Labute approximate surface area is 126 Å². The van der Waals surface area contributed by atoms with Gasteiger partial charge in [0.05, 0.1) is 4.92 Å². The Balaban J connectivity index is 1.92. The molecule has 0 heterocycles. The fourth-order valence-electron chi connectivity index (χ4n) is 1.76. The van der Waals surface area contributed by atoms with Gasteiger partial charge in [-0.2, -0.15) is 0 Å². The summed E-state index contributed by atoms with van der Waals surface area (Å²) in [6.07, 6.45) is 2.79. The molecule has 0 aliphatic heterocycles. The zero-order valence-electron chi connectivity index (χ0n) is 11.5. The highest BCUT2D eigenvalue weighted by Gasteiger charge is 2.04. The lowest BCUT2D eigenvalue weighted by atomic mass is 10.2. The summed E-state index contributed by atoms with van der Waals surface area (Å²) in [5.41, 5.74) is 1.30. The molecule has 0 aliphatic rings. The SMILES string of the molecule is O=C(/C=C/c1cccc([N+](=O)[O-])c1)NCc1ccc(F)cc1. The summed E-state index contributed by atoms with van der Waals surface area (Å²) >= 11 is 0. The van der Waals surface area contributed by atoms with Gasteiger partial charge in [0.25, 0.3) is 5.69 Å². The minimum absolute atomic E-state index is 0.0335. The van der Waals surface area contributed by atoms with Gasteiger partial charge in [0.2, 0.25) is 5.91 Å². The van der Waals surface area contributed by atoms with Crippen LogP contribution in [0.2, 0.25) is 0 Å². The van der Waals surface area contributed by atoms with Gasteiger partial charge in [-0.25, -0.2) is 4.39 Å². The van der Waals surface area contributed by atoms with Crippen LogP contribution in [0.15, 0.2) is 54.6 Å². The molecule has 0 atom stereocenters. The van der Waals surface area contributed by atoms with E-state index in [2.05, 4.69) is 5.32 Å². The summed E-state index contributed by atoms with van der Waals surface area (Å²) in [6.45, 7) is 0.276. The van der Waals surface area contributed by atoms with Crippen LogP contribution in [0.3, 0.4) is 0 Å². The molecule has 1 N–H and O–H groups in total. The zero-order valence-corrected chi connectivity index (χ0v) is 11.5. The Morgan fingerprint density at radius 1 is 1.23 bits per heavy atom. The van der Waals surface area contributed by atoms with Gasteiger partial charge in [0.15, 0.2) is 0 Å². The van der Waals surface area contributed by atoms with E-state index in [0.717, 1.165) is 5.56 Å². The van der Waals surface area contributed by atoms with Gasteiger partial charge in [-0.3, -0.25) is 14.9 Å². The largest absolute Gasteiger partial charge is 0.348 e. The molecular formula is C16H13FN2O3. The number of benzene rings is 2. The van der Waals surface area contributed by atoms with Crippen molar-refractivity contribution in [3.8, 4) is 0 Å². The molecule has 0 bridgehead atoms. The molecule has 0 fully saturated rings. The first-order chi connectivity index (χ1) is 10.5. The van der Waals surface area contributed by atoms with Crippen molar-refractivity contribution in [3.05, 3.63) is 81.7 Å². The van der Waals surface area contributed by atoms with Crippen LogP contribution in [0, 0.1) is 15.9 Å². The average molecular weight is 300 g/mol. The van der Waals surface area contributed by atoms with Crippen LogP contribution < -0.4 is 5.32 Å². The van der Waals surface area contributed by atoms with Gasteiger partial charge in [0.1, 0.15) is 5.82 Å². The van der Waals surface area contributed by atoms with Gasteiger partial charge in [-0.1, -0.05) is 24.3 Å². The van der Waals surface area contributed by atoms with Gasteiger partial charge in [-0.15, -0.1) is 0 Å². The Hall–Kier alpha value is -3.02. The average Bonchev–Trinajstić information content (AvgIpc) is 2.52. The Kier molecular flexibility index (Phi) is 4.98. The van der Waals surface area contributed by atoms with Crippen molar-refractivity contribution in [2.45, 2.75) is 6.54 Å². The van der Waals surface area contributed by atoms with Crippen LogP contribution in [-0.2, 0) is 11.3 Å². The molecule has 22 heavy (non-hydrogen) atoms. The fraction of sp³-hybridized carbons (Fsp3) is 0.0625. The van der Waals surface area contributed by atoms with Crippen molar-refractivity contribution >= 4 is 17.7 Å². The summed E-state index contributed by atoms with van der Waals surface area (Å²) < 4.78 is 12.7. The molecule has 0 spiro atoms. The lowest BCUT2D eigenvalue weighted by molar-refractivity contribution is -0.384. The molecule has 2 rings (SSSR count). The third kappa shape index (κ3) is 4.52. The van der Waals surface area contributed by atoms with E-state index in [0.29, 0.717) is 5.56 Å². The molecule has 5 nitrogen and oxygen atoms in total. The number of nitrogens with one attached hydrogen (secondary N) is 1. The van der Waals surface area contributed by atoms with Crippen molar-refractivity contribution in [3.63, 3.8) is 0 Å². The van der Waals surface area contributed by atoms with E-state index in [1.807, 2.05) is 0 Å². The number of carbonyl (C=O) groups is 1. The van der Waals surface area contributed by atoms with Gasteiger partial charge < -0.3 is 5.32 Å². The van der Waals surface area contributed by atoms with Crippen LogP contribution in [0.25, 0.3) is 6.08 Å². The van der Waals surface area contributed by atoms with Gasteiger partial charge in [0, 0.05) is 24.8 Å². The Morgan fingerprint density at radius 3 is 2.64 bits per heavy atom. The van der Waals surface area contributed by atoms with E-state index in [4.69, 9.17) is 0 Å². The molecule has 0 aliphatic carbocycles. The predicted molar refractivity (Wildman–Crippen MR) is 80.4 cm³/mol. The normalized spacial score (nSPS) is 10.6. The van der Waals surface area contributed by atoms with Crippen LogP contribution in [-0.4, -0.2) is 10.8 Å². The van der Waals surface area contributed by atoms with Crippen molar-refractivity contribution < 1.29 is 14.1 Å². The van der Waals surface area contributed by atoms with E-state index < -0.39 is 4.92 Å². The van der Waals surface area contributed by atoms with Crippen LogP contribution >= 0.6 is 0 Å². The zero-order chi connectivity index (χ0) is 15.9. The molecule has 0 radical (unpaired) electrons. The molecule has 0 saturated heterocycles. The van der Waals surface area contributed by atoms with Gasteiger partial charge in [-0.05, 0) is 29.3 Å². The highest BCUT2D eigenvalue weighted by Crippen LogP contribution is 2.14. The summed E-state index contributed by atoms with van der Waals surface area (Å²) in [5, 5.41) is 13.3. The highest BCUT2D eigenvalue weighted by molar-refractivity contribution is 5.91. The number of rotatable bonds is 5.